The number of fused-ring (bicyclic) bond motifs is 1. The van der Waals surface area contributed by atoms with E-state index in [-0.39, 0.29) is 17.8 Å². The Kier molecular flexibility index (Phi) is 5.50. The molecule has 0 radical (unpaired) electrons. The second-order valence-corrected chi connectivity index (χ2v) is 7.50. The van der Waals surface area contributed by atoms with Crippen molar-refractivity contribution in [1.29, 1.82) is 0 Å². The van der Waals surface area contributed by atoms with Gasteiger partial charge in [0, 0.05) is 26.9 Å². The van der Waals surface area contributed by atoms with Gasteiger partial charge in [-0.1, -0.05) is 30.3 Å². The predicted octanol–water partition coefficient (Wildman–Crippen LogP) is 1.47. The van der Waals surface area contributed by atoms with Crippen molar-refractivity contribution < 1.29 is 5.11 Å². The van der Waals surface area contributed by atoms with Crippen molar-refractivity contribution in [2.75, 3.05) is 19.0 Å². The number of aromatic amines is 3. The molecule has 0 amide bonds. The number of nitrogens with one attached hydrogen (secondary N) is 3. The number of aliphatic imine (C=N–C) groups is 1. The largest absolute Gasteiger partial charge is 0.494 e. The van der Waals surface area contributed by atoms with Gasteiger partial charge >= 0.3 is 11.4 Å². The van der Waals surface area contributed by atoms with E-state index in [0.29, 0.717) is 28.8 Å². The second-order valence-electron chi connectivity index (χ2n) is 7.50. The maximum atomic E-state index is 12.4. The lowest BCUT2D eigenvalue weighted by atomic mass is 10.1. The molecule has 0 spiro atoms. The van der Waals surface area contributed by atoms with Crippen LogP contribution in [0.5, 0.6) is 5.88 Å². The highest BCUT2D eigenvalue weighted by molar-refractivity contribution is 5.91. The summed E-state index contributed by atoms with van der Waals surface area (Å²) in [7, 11) is 3.64. The molecule has 10 heteroatoms. The molecule has 0 aliphatic carbocycles. The smallest absolute Gasteiger partial charge is 0.331 e. The molecule has 0 saturated carbocycles. The zero-order chi connectivity index (χ0) is 22.8. The van der Waals surface area contributed by atoms with Crippen molar-refractivity contribution in [3.63, 3.8) is 0 Å². The lowest BCUT2D eigenvalue weighted by molar-refractivity contribution is 0.399. The number of anilines is 1. The first kappa shape index (κ1) is 20.9. The Bertz CT molecular complexity index is 1470. The monoisotopic (exact) mass is 434 g/mol. The minimum Gasteiger partial charge on any atom is -0.494 e. The Balaban J connectivity index is 1.73. The molecule has 0 fully saturated rings. The van der Waals surface area contributed by atoms with Crippen LogP contribution in [0.25, 0.3) is 11.0 Å². The summed E-state index contributed by atoms with van der Waals surface area (Å²) in [5, 5.41) is 10.6. The number of imidazole rings is 1. The lowest BCUT2D eigenvalue weighted by Gasteiger charge is -2.15. The summed E-state index contributed by atoms with van der Waals surface area (Å²) in [4.78, 5) is 50.0. The zero-order valence-electron chi connectivity index (χ0n) is 17.5. The fourth-order valence-corrected chi connectivity index (χ4v) is 3.44. The zero-order valence-corrected chi connectivity index (χ0v) is 17.5. The summed E-state index contributed by atoms with van der Waals surface area (Å²) in [6.07, 6.45) is 1.71. The fraction of sp³-hybridized carbons (Fsp3) is 0.182. The number of aryl methyl sites for hydroxylation is 1. The topological polar surface area (TPSA) is 139 Å². The molecule has 2 heterocycles. The highest BCUT2D eigenvalue weighted by atomic mass is 16.3. The number of rotatable bonds is 6. The Morgan fingerprint density at radius 1 is 1.03 bits per heavy atom. The third-order valence-corrected chi connectivity index (χ3v) is 5.10. The fourth-order valence-electron chi connectivity index (χ4n) is 3.44. The maximum absolute atomic E-state index is 12.4. The van der Waals surface area contributed by atoms with E-state index in [1.54, 1.807) is 12.1 Å². The van der Waals surface area contributed by atoms with Gasteiger partial charge in [-0.2, -0.15) is 0 Å². The highest BCUT2D eigenvalue weighted by Gasteiger charge is 2.14. The number of nitrogens with zero attached hydrogens (tertiary/aromatic N) is 3. The average Bonchev–Trinajstić information content (AvgIpc) is 3.12. The molecule has 0 bridgehead atoms. The van der Waals surface area contributed by atoms with Crippen LogP contribution < -0.4 is 21.8 Å². The molecule has 2 aromatic heterocycles. The number of hydrogen-bond acceptors (Lipinski definition) is 6. The second kappa shape index (κ2) is 8.42. The van der Waals surface area contributed by atoms with Gasteiger partial charge in [-0.15, -0.1) is 0 Å². The molecule has 0 aliphatic rings. The molecule has 32 heavy (non-hydrogen) atoms. The van der Waals surface area contributed by atoms with Crippen molar-refractivity contribution >= 4 is 28.6 Å². The molecule has 164 valence electrons. The van der Waals surface area contributed by atoms with Crippen molar-refractivity contribution in [3.05, 3.63) is 84.9 Å². The highest BCUT2D eigenvalue weighted by Crippen LogP contribution is 2.31. The number of hydrogen-bond donors (Lipinski definition) is 4. The third kappa shape index (κ3) is 4.10. The van der Waals surface area contributed by atoms with E-state index in [9.17, 15) is 19.5 Å². The molecule has 0 saturated heterocycles. The standard InChI is InChI=1S/C22H22N6O4/c1-27(2)18-11-16-15(24-21(31)25-16)10-17(18)23-12-14-19(29)26-22(32)28(20(14)30)9-8-13-6-4-3-5-7-13/h3-7,10-12,30H,8-9H2,1-2H3,(H2,24,25,31)(H,26,29,32). The van der Waals surface area contributed by atoms with Crippen LogP contribution in [0, 0.1) is 0 Å². The van der Waals surface area contributed by atoms with Gasteiger partial charge in [-0.05, 0) is 24.1 Å². The van der Waals surface area contributed by atoms with Crippen LogP contribution in [-0.2, 0) is 13.0 Å². The summed E-state index contributed by atoms with van der Waals surface area (Å²) in [5.41, 5.74) is 1.41. The van der Waals surface area contributed by atoms with Gasteiger partial charge in [-0.25, -0.2) is 9.59 Å². The Morgan fingerprint density at radius 3 is 2.41 bits per heavy atom. The number of H-pyrrole nitrogens is 3. The Hall–Kier alpha value is -4.34. The summed E-state index contributed by atoms with van der Waals surface area (Å²) < 4.78 is 1.11. The van der Waals surface area contributed by atoms with Crippen LogP contribution in [0.2, 0.25) is 0 Å². The number of aromatic nitrogens is 4. The van der Waals surface area contributed by atoms with E-state index in [2.05, 4.69) is 19.9 Å². The number of aromatic hydroxyl groups is 1. The van der Waals surface area contributed by atoms with Gasteiger partial charge in [0.15, 0.2) is 0 Å². The third-order valence-electron chi connectivity index (χ3n) is 5.10. The SMILES string of the molecule is CN(C)c1cc2[nH]c(=O)[nH]c2cc1N=Cc1c(O)n(CCc2ccccc2)c(=O)[nH]c1=O. The molecule has 4 N–H and O–H groups in total. The molecule has 0 unspecified atom stereocenters. The first-order valence-corrected chi connectivity index (χ1v) is 9.91. The van der Waals surface area contributed by atoms with E-state index < -0.39 is 17.1 Å². The van der Waals surface area contributed by atoms with Gasteiger partial charge in [0.2, 0.25) is 5.88 Å². The molecule has 10 nitrogen and oxygen atoms in total. The summed E-state index contributed by atoms with van der Waals surface area (Å²) in [5.74, 6) is -0.457. The van der Waals surface area contributed by atoms with E-state index in [0.717, 1.165) is 10.1 Å². The van der Waals surface area contributed by atoms with E-state index >= 15 is 0 Å². The summed E-state index contributed by atoms with van der Waals surface area (Å²) in [6.45, 7) is 0.186. The van der Waals surface area contributed by atoms with Crippen molar-refractivity contribution in [3.8, 4) is 5.88 Å². The molecule has 0 atom stereocenters. The summed E-state index contributed by atoms with van der Waals surface area (Å²) in [6, 6.07) is 12.9. The Morgan fingerprint density at radius 2 is 1.72 bits per heavy atom. The van der Waals surface area contributed by atoms with Crippen LogP contribution in [0.1, 0.15) is 11.1 Å². The van der Waals surface area contributed by atoms with E-state index in [4.69, 9.17) is 0 Å². The van der Waals surface area contributed by atoms with Gasteiger partial charge in [-0.3, -0.25) is 19.3 Å². The van der Waals surface area contributed by atoms with Crippen LogP contribution >= 0.6 is 0 Å². The first-order valence-electron chi connectivity index (χ1n) is 9.91. The molecule has 4 rings (SSSR count). The minimum atomic E-state index is -0.741. The minimum absolute atomic E-state index is 0.134. The first-order chi connectivity index (χ1) is 15.3. The number of benzene rings is 2. The van der Waals surface area contributed by atoms with E-state index in [1.807, 2.05) is 49.3 Å². The molecule has 0 aliphatic heterocycles. The van der Waals surface area contributed by atoms with Crippen LogP contribution in [0.15, 0.2) is 61.8 Å². The van der Waals surface area contributed by atoms with Crippen molar-refractivity contribution in [2.24, 2.45) is 4.99 Å². The molecule has 4 aromatic rings. The van der Waals surface area contributed by atoms with Crippen LogP contribution in [-0.4, -0.2) is 44.9 Å². The van der Waals surface area contributed by atoms with Gasteiger partial charge in [0.1, 0.15) is 5.56 Å². The average molecular weight is 434 g/mol. The van der Waals surface area contributed by atoms with Crippen molar-refractivity contribution in [2.45, 2.75) is 13.0 Å². The Labute approximate surface area is 181 Å². The van der Waals surface area contributed by atoms with Gasteiger partial charge in [0.25, 0.3) is 5.56 Å². The van der Waals surface area contributed by atoms with Crippen molar-refractivity contribution in [1.82, 2.24) is 19.5 Å². The molecular weight excluding hydrogens is 412 g/mol. The maximum Gasteiger partial charge on any atom is 0.331 e. The van der Waals surface area contributed by atoms with Gasteiger partial charge in [0.05, 0.1) is 22.4 Å². The van der Waals surface area contributed by atoms with E-state index in [1.165, 1.54) is 6.21 Å². The van der Waals surface area contributed by atoms with Crippen LogP contribution in [0.4, 0.5) is 11.4 Å². The normalized spacial score (nSPS) is 11.4. The lowest BCUT2D eigenvalue weighted by Crippen LogP contribution is -2.32. The molecular formula is C22H22N6O4. The predicted molar refractivity (Wildman–Crippen MR) is 124 cm³/mol. The quantitative estimate of drug-likeness (QED) is 0.340. The van der Waals surface area contributed by atoms with Crippen LogP contribution in [0.3, 0.4) is 0 Å². The summed E-state index contributed by atoms with van der Waals surface area (Å²) >= 11 is 0. The molecule has 2 aromatic carbocycles. The van der Waals surface area contributed by atoms with Gasteiger partial charge < -0.3 is 20.0 Å².